The summed E-state index contributed by atoms with van der Waals surface area (Å²) in [5.41, 5.74) is 1.64. The van der Waals surface area contributed by atoms with E-state index in [-0.39, 0.29) is 67.4 Å². The van der Waals surface area contributed by atoms with Crippen molar-refractivity contribution in [1.82, 2.24) is 40.9 Å². The summed E-state index contributed by atoms with van der Waals surface area (Å²) < 4.78 is 17.7. The molecule has 0 aromatic heterocycles. The highest BCUT2D eigenvalue weighted by Gasteiger charge is 2.44. The minimum absolute atomic E-state index is 0.0797. The van der Waals surface area contributed by atoms with E-state index in [1.165, 1.54) is 45.2 Å². The van der Waals surface area contributed by atoms with Crippen molar-refractivity contribution in [3.8, 4) is 0 Å². The Morgan fingerprint density at radius 3 is 1.89 bits per heavy atom. The normalized spacial score (nSPS) is 17.9. The number of likely N-dealkylation sites (tertiary alicyclic amines) is 1. The van der Waals surface area contributed by atoms with E-state index in [4.69, 9.17) is 14.2 Å². The minimum atomic E-state index is -1.06. The molecule has 2 heterocycles. The van der Waals surface area contributed by atoms with Crippen molar-refractivity contribution in [3.05, 3.63) is 77.9 Å². The summed E-state index contributed by atoms with van der Waals surface area (Å²) >= 11 is 0. The van der Waals surface area contributed by atoms with Crippen LogP contribution in [-0.2, 0) is 64.0 Å². The Morgan fingerprint density at radius 1 is 0.693 bits per heavy atom. The zero-order valence-electron chi connectivity index (χ0n) is 54.3. The van der Waals surface area contributed by atoms with Crippen LogP contribution in [0.1, 0.15) is 145 Å². The van der Waals surface area contributed by atoms with E-state index in [2.05, 4.69) is 26.6 Å². The third kappa shape index (κ3) is 20.4. The summed E-state index contributed by atoms with van der Waals surface area (Å²) in [5.74, 6) is -5.59. The van der Waals surface area contributed by atoms with E-state index in [1.54, 1.807) is 94.8 Å². The molecule has 23 nitrogen and oxygen atoms in total. The molecule has 4 rings (SSSR count). The number of hydrogen-bond acceptors (Lipinski definition) is 14. The van der Waals surface area contributed by atoms with Gasteiger partial charge in [-0.2, -0.15) is 0 Å². The van der Waals surface area contributed by atoms with Gasteiger partial charge in [-0.3, -0.25) is 53.0 Å². The van der Waals surface area contributed by atoms with Crippen molar-refractivity contribution in [2.75, 3.05) is 46.7 Å². The zero-order valence-corrected chi connectivity index (χ0v) is 54.3. The predicted octanol–water partition coefficient (Wildman–Crippen LogP) is 5.65. The van der Waals surface area contributed by atoms with Crippen LogP contribution in [0.5, 0.6) is 0 Å². The number of unbranched alkanes of at least 4 members (excludes halogenated alkanes) is 2. The molecular formula is C65H99N9O14. The molecule has 2 aromatic carbocycles. The van der Waals surface area contributed by atoms with Crippen molar-refractivity contribution in [1.29, 1.82) is 0 Å². The number of likely N-dealkylation sites (N-methyl/N-ethyl adjacent to an activating group) is 2. The molecule has 488 valence electrons. The number of carbonyl (C=O) groups is 10. The lowest BCUT2D eigenvalue weighted by atomic mass is 9.89. The fraction of sp³-hybridized carbons (Fsp3) is 0.631. The third-order valence-corrected chi connectivity index (χ3v) is 16.9. The lowest BCUT2D eigenvalue weighted by molar-refractivity contribution is -0.148. The number of aliphatic hydroxyl groups is 1. The molecule has 2 aliphatic rings. The van der Waals surface area contributed by atoms with Crippen LogP contribution in [0.25, 0.3) is 0 Å². The summed E-state index contributed by atoms with van der Waals surface area (Å²) in [6, 6.07) is 9.94. The molecule has 88 heavy (non-hydrogen) atoms. The van der Waals surface area contributed by atoms with Crippen molar-refractivity contribution < 1.29 is 67.3 Å². The molecule has 0 radical (unpaired) electrons. The molecule has 1 unspecified atom stereocenters. The molecule has 12 atom stereocenters. The molecule has 10 amide bonds. The second kappa shape index (κ2) is 35.1. The Hall–Kier alpha value is -7.24. The van der Waals surface area contributed by atoms with Crippen LogP contribution in [0.2, 0.25) is 0 Å². The molecule has 0 saturated carbocycles. The van der Waals surface area contributed by atoms with Gasteiger partial charge in [0.1, 0.15) is 30.8 Å². The van der Waals surface area contributed by atoms with E-state index in [1.807, 2.05) is 45.9 Å². The van der Waals surface area contributed by atoms with Gasteiger partial charge < -0.3 is 55.7 Å². The first-order valence-corrected chi connectivity index (χ1v) is 31.0. The smallest absolute Gasteiger partial charge is 0.410 e. The van der Waals surface area contributed by atoms with Crippen LogP contribution in [0.3, 0.4) is 0 Å². The predicted molar refractivity (Wildman–Crippen MR) is 332 cm³/mol. The van der Waals surface area contributed by atoms with Crippen molar-refractivity contribution in [2.24, 2.45) is 29.6 Å². The van der Waals surface area contributed by atoms with Crippen LogP contribution in [0.15, 0.2) is 66.7 Å². The number of rotatable bonds is 34. The highest BCUT2D eigenvalue weighted by molar-refractivity contribution is 6.12. The summed E-state index contributed by atoms with van der Waals surface area (Å²) in [7, 11) is 6.11. The Bertz CT molecular complexity index is 2690. The van der Waals surface area contributed by atoms with Crippen LogP contribution in [-0.4, -0.2) is 180 Å². The standard InChI is InChI=1S/C65H99N9O14/c1-16-41(8)57(49(86-14)36-53(78)73-35-23-26-48(73)59(87-15)42(9)60(80)66-43(10)58(79)46-24-19-17-20-25-46)71(12)64(84)55(39(4)5)70-63(83)56(40(6)7)72(13)65(85)88-37-45-28-30-47(31-29-45)68-61(81)44(11)67-62(82)54(38(2)3)69-50(75)27-21-18-22-34-74-51(76)32-33-52(74)77/h17,19-20,24-25,28-33,38-44,48-49,54-59,79H,16,18,21-23,26-27,34-37H2,1-15H3,(H,66,80)(H,67,82)(H,68,81)(H,69,75)(H,70,83)/t41-,42+,43+,44-,48-,49?,54-,55-,56-,57-,58+,59+/m0/s1. The maximum Gasteiger partial charge on any atom is 0.410 e. The van der Waals surface area contributed by atoms with E-state index in [0.717, 1.165) is 4.90 Å². The van der Waals surface area contributed by atoms with Gasteiger partial charge >= 0.3 is 6.09 Å². The lowest BCUT2D eigenvalue weighted by Gasteiger charge is -2.41. The van der Waals surface area contributed by atoms with Crippen LogP contribution < -0.4 is 26.6 Å². The van der Waals surface area contributed by atoms with Crippen LogP contribution >= 0.6 is 0 Å². The second-order valence-electron chi connectivity index (χ2n) is 24.5. The Morgan fingerprint density at radius 2 is 1.32 bits per heavy atom. The number of hydrogen-bond donors (Lipinski definition) is 6. The van der Waals surface area contributed by atoms with Gasteiger partial charge in [0.2, 0.25) is 41.4 Å². The van der Waals surface area contributed by atoms with Gasteiger partial charge in [-0.05, 0) is 86.5 Å². The quantitative estimate of drug-likeness (QED) is 0.0365. The first-order valence-electron chi connectivity index (χ1n) is 31.0. The maximum atomic E-state index is 14.8. The number of anilines is 1. The molecule has 1 fully saturated rings. The molecule has 1 saturated heterocycles. The van der Waals surface area contributed by atoms with E-state index in [9.17, 15) is 53.1 Å². The number of ether oxygens (including phenoxy) is 3. The third-order valence-electron chi connectivity index (χ3n) is 16.9. The SMILES string of the molecule is CC[C@H](C)[C@@H](C(CC(=O)N1CCC[C@H]1[C@H](OC)[C@@H](C)C(=O)N[C@H](C)[C@@H](O)c1ccccc1)OC)N(C)C(=O)[C@@H](NC(=O)[C@H](C(C)C)N(C)C(=O)OCc1ccc(NC(=O)[C@H](C)NC(=O)[C@@H](NC(=O)CCCCCN2C(=O)C=CC2=O)C(C)C)cc1)C(C)C. The highest BCUT2D eigenvalue weighted by Crippen LogP contribution is 2.30. The Kier molecular flexibility index (Phi) is 29.2. The maximum absolute atomic E-state index is 14.8. The zero-order chi connectivity index (χ0) is 65.7. The summed E-state index contributed by atoms with van der Waals surface area (Å²) in [4.78, 5) is 139. The molecule has 2 aromatic rings. The van der Waals surface area contributed by atoms with Crippen molar-refractivity contribution in [2.45, 2.75) is 195 Å². The molecule has 2 aliphatic heterocycles. The number of nitrogens with one attached hydrogen (secondary N) is 5. The second-order valence-corrected chi connectivity index (χ2v) is 24.5. The van der Waals surface area contributed by atoms with Gasteiger partial charge in [0.25, 0.3) is 11.8 Å². The summed E-state index contributed by atoms with van der Waals surface area (Å²) in [6.07, 6.45) is 2.90. The number of imide groups is 1. The minimum Gasteiger partial charge on any atom is -0.445 e. The first-order chi connectivity index (χ1) is 41.6. The van der Waals surface area contributed by atoms with Crippen LogP contribution in [0.4, 0.5) is 10.5 Å². The van der Waals surface area contributed by atoms with Gasteiger partial charge in [0.15, 0.2) is 0 Å². The average Bonchev–Trinajstić information content (AvgIpc) is 3.02. The topological polar surface area (TPSA) is 292 Å². The van der Waals surface area contributed by atoms with Gasteiger partial charge in [0, 0.05) is 65.7 Å². The number of benzene rings is 2. The average molecular weight is 1230 g/mol. The van der Waals surface area contributed by atoms with Crippen LogP contribution in [0, 0.1) is 29.6 Å². The number of aliphatic hydroxyl groups excluding tert-OH is 1. The number of amides is 10. The molecule has 0 aliphatic carbocycles. The lowest BCUT2D eigenvalue weighted by Crippen LogP contribution is -2.60. The van der Waals surface area contributed by atoms with Gasteiger partial charge in [-0.1, -0.05) is 118 Å². The number of carbonyl (C=O) groups excluding carboxylic acids is 10. The molecule has 6 N–H and O–H groups in total. The molecule has 0 spiro atoms. The van der Waals surface area contributed by atoms with E-state index >= 15 is 0 Å². The fourth-order valence-electron chi connectivity index (χ4n) is 11.4. The number of methoxy groups -OCH3 is 2. The highest BCUT2D eigenvalue weighted by atomic mass is 16.6. The van der Waals surface area contributed by atoms with E-state index in [0.29, 0.717) is 61.9 Å². The Balaban J connectivity index is 1.32. The number of nitrogens with zero attached hydrogens (tertiary/aromatic N) is 4. The van der Waals surface area contributed by atoms with Crippen molar-refractivity contribution in [3.63, 3.8) is 0 Å². The molecule has 23 heteroatoms. The molecule has 0 bridgehead atoms. The summed E-state index contributed by atoms with van der Waals surface area (Å²) in [5, 5.41) is 25.0. The molecular weight excluding hydrogens is 1130 g/mol. The first kappa shape index (κ1) is 73.2. The van der Waals surface area contributed by atoms with Crippen molar-refractivity contribution >= 4 is 64.9 Å². The largest absolute Gasteiger partial charge is 0.445 e. The van der Waals surface area contributed by atoms with E-state index < -0.39 is 108 Å². The fourth-order valence-corrected chi connectivity index (χ4v) is 11.4. The van der Waals surface area contributed by atoms with Gasteiger partial charge in [-0.15, -0.1) is 0 Å². The van der Waals surface area contributed by atoms with Gasteiger partial charge in [-0.25, -0.2) is 4.79 Å². The Labute approximate surface area is 520 Å². The summed E-state index contributed by atoms with van der Waals surface area (Å²) in [6.45, 7) is 20.2. The van der Waals surface area contributed by atoms with Gasteiger partial charge in [0.05, 0.1) is 48.8 Å². The monoisotopic (exact) mass is 1230 g/mol.